The van der Waals surface area contributed by atoms with Crippen molar-refractivity contribution in [1.82, 2.24) is 19.5 Å². The van der Waals surface area contributed by atoms with Gasteiger partial charge < -0.3 is 5.11 Å². The summed E-state index contributed by atoms with van der Waals surface area (Å²) in [6, 6.07) is 33.3. The minimum atomic E-state index is -0.0179. The minimum absolute atomic E-state index is 0.0179. The van der Waals surface area contributed by atoms with Gasteiger partial charge in [-0.15, -0.1) is 0 Å². The van der Waals surface area contributed by atoms with Gasteiger partial charge in [0.25, 0.3) is 0 Å². The molecule has 7 rings (SSSR count). The van der Waals surface area contributed by atoms with E-state index in [-0.39, 0.29) is 16.6 Å². The average molecular weight is 603 g/mol. The number of aromatic nitrogens is 4. The van der Waals surface area contributed by atoms with E-state index in [2.05, 4.69) is 118 Å². The van der Waals surface area contributed by atoms with Gasteiger partial charge in [-0.05, 0) is 70.0 Å². The Morgan fingerprint density at radius 1 is 0.609 bits per heavy atom. The van der Waals surface area contributed by atoms with Crippen molar-refractivity contribution in [2.24, 2.45) is 0 Å². The summed E-state index contributed by atoms with van der Waals surface area (Å²) in [6.45, 7) is 13.4. The fraction of sp³-hybridized carbons (Fsp3) is 0.195. The van der Waals surface area contributed by atoms with Crippen LogP contribution in [0.1, 0.15) is 52.7 Å². The third-order valence-corrected chi connectivity index (χ3v) is 8.76. The predicted molar refractivity (Wildman–Crippen MR) is 190 cm³/mol. The molecule has 0 aliphatic carbocycles. The van der Waals surface area contributed by atoms with Crippen molar-refractivity contribution >= 4 is 21.9 Å². The van der Waals surface area contributed by atoms with E-state index < -0.39 is 0 Å². The molecule has 0 aliphatic rings. The number of phenols is 1. The Labute approximate surface area is 270 Å². The lowest BCUT2D eigenvalue weighted by Crippen LogP contribution is -2.11. The van der Waals surface area contributed by atoms with Crippen LogP contribution in [0.3, 0.4) is 0 Å². The van der Waals surface area contributed by atoms with Crippen LogP contribution in [0.15, 0.2) is 116 Å². The fourth-order valence-electron chi connectivity index (χ4n) is 6.13. The number of nitrogens with zero attached hydrogens (tertiary/aromatic N) is 4. The Kier molecular flexibility index (Phi) is 7.01. The Morgan fingerprint density at radius 2 is 1.35 bits per heavy atom. The van der Waals surface area contributed by atoms with Crippen molar-refractivity contribution in [3.63, 3.8) is 0 Å². The van der Waals surface area contributed by atoms with Crippen LogP contribution in [-0.2, 0) is 10.8 Å². The molecule has 0 bridgehead atoms. The summed E-state index contributed by atoms with van der Waals surface area (Å²) in [5.74, 6) is 0.997. The average Bonchev–Trinajstić information content (AvgIpc) is 3.44. The zero-order valence-corrected chi connectivity index (χ0v) is 27.2. The molecule has 0 fully saturated rings. The van der Waals surface area contributed by atoms with Gasteiger partial charge in [-0.1, -0.05) is 96.1 Å². The maximum atomic E-state index is 10.8. The second kappa shape index (κ2) is 11.0. The molecule has 0 unspecified atom stereocenters. The highest BCUT2D eigenvalue weighted by atomic mass is 16.3. The smallest absolute Gasteiger partial charge is 0.145 e. The van der Waals surface area contributed by atoms with Crippen LogP contribution in [0.4, 0.5) is 0 Å². The second-order valence-electron chi connectivity index (χ2n) is 14.1. The first-order valence-electron chi connectivity index (χ1n) is 15.7. The van der Waals surface area contributed by atoms with Crippen molar-refractivity contribution in [3.8, 4) is 45.1 Å². The summed E-state index contributed by atoms with van der Waals surface area (Å²) in [5.41, 5.74) is 10.8. The number of fused-ring (bicyclic) bond motifs is 2. The molecular formula is C41H38N4O. The van der Waals surface area contributed by atoms with Gasteiger partial charge in [0.05, 0.1) is 17.2 Å². The summed E-state index contributed by atoms with van der Waals surface area (Å²) in [5, 5.41) is 11.9. The van der Waals surface area contributed by atoms with Gasteiger partial charge in [-0.25, -0.2) is 4.98 Å². The van der Waals surface area contributed by atoms with E-state index >= 15 is 0 Å². The Hall–Kier alpha value is -5.29. The lowest BCUT2D eigenvalue weighted by molar-refractivity contribution is 0.477. The molecule has 0 amide bonds. The molecule has 1 N–H and O–H groups in total. The number of hydrogen-bond acceptors (Lipinski definition) is 4. The Balaban J connectivity index is 1.48. The van der Waals surface area contributed by atoms with E-state index in [1.54, 1.807) is 12.3 Å². The van der Waals surface area contributed by atoms with Gasteiger partial charge >= 0.3 is 0 Å². The van der Waals surface area contributed by atoms with E-state index in [1.807, 2.05) is 36.7 Å². The van der Waals surface area contributed by atoms with Gasteiger partial charge in [0.2, 0.25) is 0 Å². The molecule has 5 heteroatoms. The SMILES string of the molecule is CC(C)(C)c1ccc(-n2c(-c3cccc(-c4cc(C(C)(C)C)cc5cccnc45)c3)nc3c(-c4ccccc4O)cncc32)cc1. The lowest BCUT2D eigenvalue weighted by Gasteiger charge is -2.21. The number of phenolic OH excluding ortho intramolecular Hbond substituents is 1. The maximum absolute atomic E-state index is 10.8. The highest BCUT2D eigenvalue weighted by Gasteiger charge is 2.22. The summed E-state index contributed by atoms with van der Waals surface area (Å²) >= 11 is 0. The van der Waals surface area contributed by atoms with E-state index in [0.717, 1.165) is 55.7 Å². The summed E-state index contributed by atoms with van der Waals surface area (Å²) in [7, 11) is 0. The molecule has 228 valence electrons. The first-order valence-corrected chi connectivity index (χ1v) is 15.7. The van der Waals surface area contributed by atoms with E-state index in [1.165, 1.54) is 11.1 Å². The minimum Gasteiger partial charge on any atom is -0.507 e. The van der Waals surface area contributed by atoms with Gasteiger partial charge in [-0.2, -0.15) is 0 Å². The normalized spacial score (nSPS) is 12.2. The summed E-state index contributed by atoms with van der Waals surface area (Å²) in [4.78, 5) is 14.7. The monoisotopic (exact) mass is 602 g/mol. The molecule has 0 saturated carbocycles. The lowest BCUT2D eigenvalue weighted by atomic mass is 9.84. The van der Waals surface area contributed by atoms with Crippen LogP contribution in [0.25, 0.3) is 61.3 Å². The number of rotatable bonds is 4. The second-order valence-corrected chi connectivity index (χ2v) is 14.1. The molecule has 5 nitrogen and oxygen atoms in total. The van der Waals surface area contributed by atoms with Crippen LogP contribution in [0.2, 0.25) is 0 Å². The molecule has 0 spiro atoms. The highest BCUT2D eigenvalue weighted by Crippen LogP contribution is 2.39. The van der Waals surface area contributed by atoms with Crippen molar-refractivity contribution < 1.29 is 5.11 Å². The summed E-state index contributed by atoms with van der Waals surface area (Å²) in [6.07, 6.45) is 5.51. The third kappa shape index (κ3) is 5.22. The zero-order chi connectivity index (χ0) is 32.2. The van der Waals surface area contributed by atoms with Crippen LogP contribution < -0.4 is 0 Å². The third-order valence-electron chi connectivity index (χ3n) is 8.76. The van der Waals surface area contributed by atoms with E-state index in [0.29, 0.717) is 5.56 Å². The topological polar surface area (TPSA) is 63.8 Å². The highest BCUT2D eigenvalue weighted by molar-refractivity contribution is 5.97. The van der Waals surface area contributed by atoms with Crippen molar-refractivity contribution in [1.29, 1.82) is 0 Å². The molecule has 0 radical (unpaired) electrons. The first kappa shape index (κ1) is 29.4. The van der Waals surface area contributed by atoms with E-state index in [9.17, 15) is 5.11 Å². The number of benzene rings is 4. The quantitative estimate of drug-likeness (QED) is 0.218. The number of hydrogen-bond donors (Lipinski definition) is 1. The van der Waals surface area contributed by atoms with E-state index in [4.69, 9.17) is 9.97 Å². The molecule has 3 heterocycles. The Bertz CT molecular complexity index is 2230. The molecule has 0 aliphatic heterocycles. The molecule has 0 saturated heterocycles. The largest absolute Gasteiger partial charge is 0.507 e. The number of pyridine rings is 2. The van der Waals surface area contributed by atoms with Gasteiger partial charge in [0.1, 0.15) is 17.1 Å². The van der Waals surface area contributed by atoms with Crippen LogP contribution >= 0.6 is 0 Å². The molecular weight excluding hydrogens is 564 g/mol. The van der Waals surface area contributed by atoms with Crippen molar-refractivity contribution in [2.75, 3.05) is 0 Å². The Morgan fingerprint density at radius 3 is 2.09 bits per heavy atom. The zero-order valence-electron chi connectivity index (χ0n) is 27.2. The van der Waals surface area contributed by atoms with Crippen LogP contribution in [-0.4, -0.2) is 24.6 Å². The van der Waals surface area contributed by atoms with Crippen molar-refractivity contribution in [3.05, 3.63) is 127 Å². The number of para-hydroxylation sites is 1. The number of imidazole rings is 1. The van der Waals surface area contributed by atoms with Crippen LogP contribution in [0, 0.1) is 0 Å². The summed E-state index contributed by atoms with van der Waals surface area (Å²) < 4.78 is 2.18. The molecule has 3 aromatic heterocycles. The molecule has 7 aromatic rings. The van der Waals surface area contributed by atoms with Gasteiger partial charge in [-0.3, -0.25) is 14.5 Å². The van der Waals surface area contributed by atoms with Gasteiger partial charge in [0, 0.05) is 45.7 Å². The predicted octanol–water partition coefficient (Wildman–Crippen LogP) is 10.3. The maximum Gasteiger partial charge on any atom is 0.145 e. The van der Waals surface area contributed by atoms with Crippen molar-refractivity contribution in [2.45, 2.75) is 52.4 Å². The van der Waals surface area contributed by atoms with Gasteiger partial charge in [0.15, 0.2) is 0 Å². The standard InChI is InChI=1S/C41H38N4O/c1-40(2,3)29-16-18-31(19-17-29)45-35-25-42-24-34(32-14-7-8-15-36(32)46)38(35)44-39(45)28-12-9-11-26(21-28)33-23-30(41(4,5)6)22-27-13-10-20-43-37(27)33/h7-25,46H,1-6H3. The van der Waals surface area contributed by atoms with Crippen LogP contribution in [0.5, 0.6) is 5.75 Å². The fourth-order valence-corrected chi connectivity index (χ4v) is 6.13. The first-order chi connectivity index (χ1) is 22.0. The molecule has 46 heavy (non-hydrogen) atoms. The number of aromatic hydroxyl groups is 1. The molecule has 4 aromatic carbocycles. The molecule has 0 atom stereocenters.